The Balaban J connectivity index is 1.67. The van der Waals surface area contributed by atoms with E-state index < -0.39 is 0 Å². The smallest absolute Gasteiger partial charge is 0.238 e. The molecule has 3 rings (SSSR count). The Morgan fingerprint density at radius 3 is 2.84 bits per heavy atom. The number of hydrogen-bond donors (Lipinski definition) is 1. The molecular weight excluding hydrogens is 381 g/mol. The predicted octanol–water partition coefficient (Wildman–Crippen LogP) is 3.71. The third-order valence-electron chi connectivity index (χ3n) is 3.37. The maximum atomic E-state index is 12.4. The Hall–Kier alpha value is -1.93. The molecule has 0 atom stereocenters. The molecule has 0 bridgehead atoms. The zero-order chi connectivity index (χ0) is 17.8. The highest BCUT2D eigenvalue weighted by Crippen LogP contribution is 2.24. The topological polar surface area (TPSA) is 63.1 Å². The molecule has 0 fully saturated rings. The predicted molar refractivity (Wildman–Crippen MR) is 101 cm³/mol. The fourth-order valence-corrected chi connectivity index (χ4v) is 3.67. The monoisotopic (exact) mass is 395 g/mol. The highest BCUT2D eigenvalue weighted by atomic mass is 35.5. The number of rotatable bonds is 6. The molecule has 0 aliphatic heterocycles. The van der Waals surface area contributed by atoms with Crippen LogP contribution in [0.4, 0.5) is 5.69 Å². The molecule has 1 N–H and O–H groups in total. The summed E-state index contributed by atoms with van der Waals surface area (Å²) in [6.07, 6.45) is 2.99. The highest BCUT2D eigenvalue weighted by molar-refractivity contribution is 7.16. The van der Waals surface area contributed by atoms with E-state index in [1.807, 2.05) is 24.1 Å². The van der Waals surface area contributed by atoms with Gasteiger partial charge in [0.25, 0.3) is 0 Å². The third-order valence-corrected chi connectivity index (χ3v) is 4.82. The lowest BCUT2D eigenvalue weighted by Crippen LogP contribution is -2.30. The van der Waals surface area contributed by atoms with E-state index in [2.05, 4.69) is 15.4 Å². The van der Waals surface area contributed by atoms with E-state index >= 15 is 0 Å². The summed E-state index contributed by atoms with van der Waals surface area (Å²) in [6, 6.07) is 9.02. The van der Waals surface area contributed by atoms with E-state index in [0.29, 0.717) is 22.9 Å². The van der Waals surface area contributed by atoms with Crippen LogP contribution in [0.3, 0.4) is 0 Å². The molecule has 0 radical (unpaired) electrons. The second-order valence-corrected chi connectivity index (χ2v) is 7.66. The molecule has 9 heteroatoms. The minimum atomic E-state index is -0.145. The van der Waals surface area contributed by atoms with Gasteiger partial charge in [-0.15, -0.1) is 11.3 Å². The summed E-state index contributed by atoms with van der Waals surface area (Å²) in [4.78, 5) is 19.3. The number of anilines is 1. The molecule has 2 aromatic heterocycles. The first-order chi connectivity index (χ1) is 12.0. The Morgan fingerprint density at radius 2 is 2.16 bits per heavy atom. The van der Waals surface area contributed by atoms with Crippen LogP contribution < -0.4 is 5.32 Å². The first kappa shape index (κ1) is 17.9. The van der Waals surface area contributed by atoms with Crippen molar-refractivity contribution in [3.8, 4) is 5.69 Å². The van der Waals surface area contributed by atoms with Crippen LogP contribution in [0.5, 0.6) is 0 Å². The zero-order valence-corrected chi connectivity index (χ0v) is 15.6. The number of hydrogen-bond acceptors (Lipinski definition) is 5. The summed E-state index contributed by atoms with van der Waals surface area (Å²) in [6.45, 7) is 0.884. The summed E-state index contributed by atoms with van der Waals surface area (Å²) < 4.78 is 2.31. The maximum Gasteiger partial charge on any atom is 0.238 e. The Labute approximate surface area is 159 Å². The van der Waals surface area contributed by atoms with Crippen LogP contribution in [0.1, 0.15) is 4.88 Å². The van der Waals surface area contributed by atoms with Crippen molar-refractivity contribution in [1.82, 2.24) is 19.7 Å². The number of aromatic nitrogens is 3. The maximum absolute atomic E-state index is 12.4. The Kier molecular flexibility index (Phi) is 5.70. The van der Waals surface area contributed by atoms with Gasteiger partial charge in [0.15, 0.2) is 0 Å². The van der Waals surface area contributed by atoms with E-state index in [1.54, 1.807) is 29.2 Å². The Bertz CT molecular complexity index is 865. The lowest BCUT2D eigenvalue weighted by Gasteiger charge is -2.16. The molecule has 6 nitrogen and oxygen atoms in total. The van der Waals surface area contributed by atoms with E-state index in [1.165, 1.54) is 17.7 Å². The van der Waals surface area contributed by atoms with Gasteiger partial charge in [0, 0.05) is 16.4 Å². The van der Waals surface area contributed by atoms with E-state index in [-0.39, 0.29) is 12.5 Å². The van der Waals surface area contributed by atoms with Gasteiger partial charge in [-0.1, -0.05) is 23.2 Å². The highest BCUT2D eigenvalue weighted by Gasteiger charge is 2.13. The fourth-order valence-electron chi connectivity index (χ4n) is 2.33. The van der Waals surface area contributed by atoms with Crippen molar-refractivity contribution in [2.24, 2.45) is 0 Å². The lowest BCUT2D eigenvalue weighted by atomic mass is 10.2. The molecule has 0 spiro atoms. The van der Waals surface area contributed by atoms with Gasteiger partial charge in [-0.3, -0.25) is 9.69 Å². The minimum Gasteiger partial charge on any atom is -0.323 e. The quantitative estimate of drug-likeness (QED) is 0.690. The number of amides is 1. The van der Waals surface area contributed by atoms with Crippen molar-refractivity contribution in [3.05, 3.63) is 57.2 Å². The minimum absolute atomic E-state index is 0.145. The van der Waals surface area contributed by atoms with Crippen LogP contribution in [-0.2, 0) is 11.3 Å². The van der Waals surface area contributed by atoms with Crippen molar-refractivity contribution < 1.29 is 4.79 Å². The molecule has 1 aromatic carbocycles. The zero-order valence-electron chi connectivity index (χ0n) is 13.3. The van der Waals surface area contributed by atoms with Crippen LogP contribution in [0.25, 0.3) is 5.69 Å². The molecule has 130 valence electrons. The molecule has 0 saturated heterocycles. The van der Waals surface area contributed by atoms with Crippen molar-refractivity contribution in [2.75, 3.05) is 18.9 Å². The van der Waals surface area contributed by atoms with E-state index in [9.17, 15) is 4.79 Å². The van der Waals surface area contributed by atoms with Gasteiger partial charge in [0.2, 0.25) is 5.91 Å². The second-order valence-electron chi connectivity index (χ2n) is 5.43. The molecule has 0 aliphatic carbocycles. The SMILES string of the molecule is CN(CC(=O)Nc1cc(Cl)ccc1-n1cncn1)Cc1ccc(Cl)s1. The average Bonchev–Trinajstić information content (AvgIpc) is 3.19. The van der Waals surface area contributed by atoms with Crippen LogP contribution in [0, 0.1) is 0 Å². The van der Waals surface area contributed by atoms with E-state index in [4.69, 9.17) is 23.2 Å². The molecule has 2 heterocycles. The number of likely N-dealkylation sites (N-methyl/N-ethyl adjacent to an activating group) is 1. The van der Waals surface area contributed by atoms with Gasteiger partial charge >= 0.3 is 0 Å². The van der Waals surface area contributed by atoms with Gasteiger partial charge < -0.3 is 5.32 Å². The van der Waals surface area contributed by atoms with Gasteiger partial charge in [0.1, 0.15) is 12.7 Å². The van der Waals surface area contributed by atoms with Gasteiger partial charge in [-0.05, 0) is 37.4 Å². The standard InChI is InChI=1S/C16H15Cl2N5OS/c1-22(7-12-3-5-15(18)25-12)8-16(24)21-13-6-11(17)2-4-14(13)23-10-19-9-20-23/h2-6,9-10H,7-8H2,1H3,(H,21,24). The van der Waals surface area contributed by atoms with Crippen LogP contribution in [0.2, 0.25) is 9.36 Å². The fraction of sp³-hybridized carbons (Fsp3) is 0.188. The number of nitrogens with one attached hydrogen (secondary N) is 1. The Morgan fingerprint density at radius 1 is 1.32 bits per heavy atom. The lowest BCUT2D eigenvalue weighted by molar-refractivity contribution is -0.117. The van der Waals surface area contributed by atoms with Crippen LogP contribution in [-0.4, -0.2) is 39.2 Å². The molecule has 1 amide bonds. The van der Waals surface area contributed by atoms with Gasteiger partial charge in [-0.25, -0.2) is 9.67 Å². The normalized spacial score (nSPS) is 11.0. The first-order valence-corrected chi connectivity index (χ1v) is 8.95. The van der Waals surface area contributed by atoms with Gasteiger partial charge in [-0.2, -0.15) is 5.10 Å². The summed E-state index contributed by atoms with van der Waals surface area (Å²) in [5, 5.41) is 7.51. The van der Waals surface area contributed by atoms with Crippen molar-refractivity contribution in [1.29, 1.82) is 0 Å². The average molecular weight is 396 g/mol. The van der Waals surface area contributed by atoms with Crippen LogP contribution in [0.15, 0.2) is 43.0 Å². The van der Waals surface area contributed by atoms with E-state index in [0.717, 1.165) is 9.21 Å². The number of nitrogens with zero attached hydrogens (tertiary/aromatic N) is 4. The van der Waals surface area contributed by atoms with Crippen molar-refractivity contribution in [2.45, 2.75) is 6.54 Å². The van der Waals surface area contributed by atoms with Gasteiger partial charge in [0.05, 0.1) is 22.3 Å². The molecule has 0 unspecified atom stereocenters. The third kappa shape index (κ3) is 4.79. The van der Waals surface area contributed by atoms with Crippen molar-refractivity contribution in [3.63, 3.8) is 0 Å². The number of halogens is 2. The number of benzene rings is 1. The largest absolute Gasteiger partial charge is 0.323 e. The summed E-state index contributed by atoms with van der Waals surface area (Å²) in [5.41, 5.74) is 1.28. The molecule has 0 saturated carbocycles. The molecule has 3 aromatic rings. The number of carbonyl (C=O) groups excluding carboxylic acids is 1. The molecule has 0 aliphatic rings. The summed E-state index contributed by atoms with van der Waals surface area (Å²) in [5.74, 6) is -0.145. The number of thiophene rings is 1. The van der Waals surface area contributed by atoms with Crippen LogP contribution >= 0.6 is 34.5 Å². The second kappa shape index (κ2) is 7.97. The summed E-state index contributed by atoms with van der Waals surface area (Å²) in [7, 11) is 1.88. The number of carbonyl (C=O) groups is 1. The molecular formula is C16H15Cl2N5OS. The first-order valence-electron chi connectivity index (χ1n) is 7.38. The summed E-state index contributed by atoms with van der Waals surface area (Å²) >= 11 is 13.5. The van der Waals surface area contributed by atoms with Crippen molar-refractivity contribution >= 4 is 46.1 Å². The molecule has 25 heavy (non-hydrogen) atoms.